The van der Waals surface area contributed by atoms with Crippen LogP contribution in [0.2, 0.25) is 20.1 Å². The second kappa shape index (κ2) is 33.5. The highest BCUT2D eigenvalue weighted by Crippen LogP contribution is 2.35. The number of carbonyl (C=O) groups is 2. The minimum Gasteiger partial charge on any atom is -0.480 e. The van der Waals surface area contributed by atoms with E-state index in [0.717, 1.165) is 0 Å². The molecule has 25 heteroatoms. The quantitative estimate of drug-likeness (QED) is 0.0439. The van der Waals surface area contributed by atoms with Gasteiger partial charge in [0.15, 0.2) is 23.3 Å². The Labute approximate surface area is 382 Å². The zero-order valence-corrected chi connectivity index (χ0v) is 36.4. The van der Waals surface area contributed by atoms with Crippen molar-refractivity contribution in [2.75, 3.05) is 78.4 Å². The molecule has 0 aliphatic rings. The normalized spacial score (nSPS) is 11.4. The monoisotopic (exact) mass is 951 g/mol. The molecule has 0 aliphatic carbocycles. The number of aryl methyl sites for hydroxylation is 2. The van der Waals surface area contributed by atoms with Crippen LogP contribution in [0.3, 0.4) is 0 Å². The minimum atomic E-state index is -0.953. The number of anilines is 2. The molecule has 2 heterocycles. The Bertz CT molecular complexity index is 1940. The van der Waals surface area contributed by atoms with Crippen molar-refractivity contribution in [3.63, 3.8) is 0 Å². The predicted octanol–water partition coefficient (Wildman–Crippen LogP) is 2.34. The van der Waals surface area contributed by atoms with Crippen molar-refractivity contribution < 1.29 is 48.9 Å². The Morgan fingerprint density at radius 1 is 0.774 bits per heavy atom. The van der Waals surface area contributed by atoms with E-state index in [9.17, 15) is 19.8 Å². The first-order valence-electron chi connectivity index (χ1n) is 18.6. The number of nitrogen functional groups attached to an aromatic ring is 2. The number of nitrogens with zero attached hydrogens (tertiary/aromatic N) is 6. The summed E-state index contributed by atoms with van der Waals surface area (Å²) in [6.07, 6.45) is 0.195. The molecule has 1 radical (unpaired) electrons. The molecule has 1 amide bonds. The van der Waals surface area contributed by atoms with Gasteiger partial charge in [-0.25, -0.2) is 14.8 Å². The number of hydrogen-bond acceptors (Lipinski definition) is 18. The lowest BCUT2D eigenvalue weighted by atomic mass is 10.1. The largest absolute Gasteiger partial charge is 0.480 e. The Morgan fingerprint density at radius 3 is 1.61 bits per heavy atom. The molecule has 4 aromatic rings. The number of aliphatic hydroxyl groups is 2. The van der Waals surface area contributed by atoms with Gasteiger partial charge in [-0.3, -0.25) is 4.79 Å². The molecule has 2 atom stereocenters. The van der Waals surface area contributed by atoms with Gasteiger partial charge in [-0.15, -0.1) is 20.4 Å². The van der Waals surface area contributed by atoms with Gasteiger partial charge in [-0.2, -0.15) is 0 Å². The van der Waals surface area contributed by atoms with E-state index in [-0.39, 0.29) is 59.3 Å². The number of ether oxygens (including phenoxy) is 4. The van der Waals surface area contributed by atoms with E-state index in [1.165, 1.54) is 7.11 Å². The van der Waals surface area contributed by atoms with E-state index < -0.39 is 18.2 Å². The molecule has 0 saturated carbocycles. The molecule has 0 saturated heterocycles. The number of nitrogens with two attached hydrogens (primary N) is 3. The van der Waals surface area contributed by atoms with Gasteiger partial charge in [0.25, 0.3) is 8.01 Å². The summed E-state index contributed by atoms with van der Waals surface area (Å²) >= 11 is 24.3. The molecule has 2 unspecified atom stereocenters. The molecule has 20 nitrogen and oxygen atoms in total. The van der Waals surface area contributed by atoms with Crippen molar-refractivity contribution >= 4 is 77.9 Å². The van der Waals surface area contributed by atoms with E-state index >= 15 is 0 Å². The molecular weight excluding hydrogens is 897 g/mol. The summed E-state index contributed by atoms with van der Waals surface area (Å²) in [5.74, 6) is -0.0719. The summed E-state index contributed by atoms with van der Waals surface area (Å²) < 4.78 is 24.8. The Kier molecular flexibility index (Phi) is 30.2. The van der Waals surface area contributed by atoms with E-state index in [2.05, 4.69) is 45.2 Å². The smallest absolute Gasteiger partial charge is 0.329 e. The number of methoxy groups -OCH3 is 2. The zero-order chi connectivity index (χ0) is 46.5. The van der Waals surface area contributed by atoms with Gasteiger partial charge >= 0.3 is 5.97 Å². The maximum absolute atomic E-state index is 11.6. The average molecular weight is 954 g/mol. The molecular formula is C37H54BCl4N10O10. The lowest BCUT2D eigenvalue weighted by Gasteiger charge is -2.12. The SMILES string of the molecule is C.COCCOCC(=O)NCC(O)CCc1nnc(-c2cccc(Cl)c2Cl)c(N)n1.COCCOCC(=O)O.NCC(O)CCc1nnc(-c2cccc(Cl)c2Cl)c(N)n1.[3H][B]O. The van der Waals surface area contributed by atoms with Crippen LogP contribution in [-0.4, -0.2) is 151 Å². The van der Waals surface area contributed by atoms with Crippen molar-refractivity contribution in [1.29, 1.82) is 1.34 Å². The summed E-state index contributed by atoms with van der Waals surface area (Å²) in [5.41, 5.74) is 19.1. The van der Waals surface area contributed by atoms with Crippen LogP contribution in [0.4, 0.5) is 11.6 Å². The molecule has 0 fully saturated rings. The third-order valence-corrected chi connectivity index (χ3v) is 9.10. The Hall–Kier alpha value is -4.10. The number of benzene rings is 2. The van der Waals surface area contributed by atoms with Gasteiger partial charge in [0.05, 0.1) is 58.7 Å². The maximum atomic E-state index is 11.6. The second-order valence-electron chi connectivity index (χ2n) is 12.0. The number of rotatable bonds is 21. The van der Waals surface area contributed by atoms with E-state index in [0.29, 0.717) is 106 Å². The van der Waals surface area contributed by atoms with Gasteiger partial charge in [-0.1, -0.05) is 78.1 Å². The van der Waals surface area contributed by atoms with E-state index in [1.807, 2.05) is 0 Å². The summed E-state index contributed by atoms with van der Waals surface area (Å²) in [4.78, 5) is 29.8. The van der Waals surface area contributed by atoms with Crippen molar-refractivity contribution in [3.8, 4) is 22.5 Å². The zero-order valence-electron chi connectivity index (χ0n) is 34.3. The third kappa shape index (κ3) is 22.3. The number of carboxylic acid groups (broad SMARTS) is 1. The maximum Gasteiger partial charge on any atom is 0.329 e. The first kappa shape index (κ1) is 55.9. The fraction of sp³-hybridized carbons (Fsp3) is 0.459. The first-order valence-corrected chi connectivity index (χ1v) is 19.5. The highest BCUT2D eigenvalue weighted by molar-refractivity contribution is 6.44. The highest BCUT2D eigenvalue weighted by atomic mass is 35.5. The predicted molar refractivity (Wildman–Crippen MR) is 239 cm³/mol. The molecule has 0 spiro atoms. The fourth-order valence-electron chi connectivity index (χ4n) is 4.42. The molecule has 2 aromatic carbocycles. The standard InChI is InChI=1S/C18H23Cl2N5O4.C13H15Cl2N5O.C5H10O4.CH4.BH2O/c1-28-7-8-29-10-15(27)22-9-11(26)5-6-14-23-18(21)17(25-24-14)12-3-2-4-13(19)16(12)20;14-9-3-1-2-8(11(9)15)12-13(17)18-10(19-20-12)5-4-7(21)6-16;1-8-2-3-9-4-5(6)7;;1-2/h2-4,11,26H,5-10H2,1H3,(H,22,27)(H2,21,23,24);1-3,7,21H,4-6,16H2,(H2,17,18,19);2-4H2,1H3,(H,6,7);1H4;1-2H/i;;;;1T. The van der Waals surface area contributed by atoms with E-state index in [1.54, 1.807) is 43.5 Å². The van der Waals surface area contributed by atoms with Crippen LogP contribution < -0.4 is 22.5 Å². The molecule has 62 heavy (non-hydrogen) atoms. The van der Waals surface area contributed by atoms with Crippen LogP contribution in [0.15, 0.2) is 36.4 Å². The van der Waals surface area contributed by atoms with Crippen LogP contribution in [0, 0.1) is 0 Å². The van der Waals surface area contributed by atoms with Crippen molar-refractivity contribution in [3.05, 3.63) is 68.1 Å². The number of halogens is 4. The third-order valence-electron chi connectivity index (χ3n) is 7.46. The number of aromatic nitrogens is 6. The number of nitrogens with one attached hydrogen (secondary N) is 1. The number of carbonyl (C=O) groups excluding carboxylic acids is 1. The van der Waals surface area contributed by atoms with Gasteiger partial charge < -0.3 is 61.8 Å². The van der Waals surface area contributed by atoms with Crippen LogP contribution in [0.1, 0.15) is 31.9 Å². The van der Waals surface area contributed by atoms with Crippen molar-refractivity contribution in [2.24, 2.45) is 5.73 Å². The first-order chi connectivity index (χ1) is 29.6. The van der Waals surface area contributed by atoms with E-state index in [4.69, 9.17) is 84.5 Å². The van der Waals surface area contributed by atoms with Gasteiger partial charge in [0, 0.05) is 52.6 Å². The van der Waals surface area contributed by atoms with Crippen LogP contribution in [-0.2, 0) is 41.4 Å². The topological polar surface area (TPSA) is 319 Å². The summed E-state index contributed by atoms with van der Waals surface area (Å²) in [6, 6.07) is 10.3. The number of carboxylic acids is 1. The highest BCUT2D eigenvalue weighted by Gasteiger charge is 2.16. The Morgan fingerprint density at radius 2 is 1.21 bits per heavy atom. The average Bonchev–Trinajstić information content (AvgIpc) is 3.24. The molecule has 0 aliphatic heterocycles. The summed E-state index contributed by atoms with van der Waals surface area (Å²) in [5, 5.41) is 54.8. The second-order valence-corrected chi connectivity index (χ2v) is 13.6. The van der Waals surface area contributed by atoms with Gasteiger partial charge in [0.2, 0.25) is 5.91 Å². The van der Waals surface area contributed by atoms with Crippen molar-refractivity contribution in [2.45, 2.75) is 45.3 Å². The number of amides is 1. The molecule has 0 bridgehead atoms. The van der Waals surface area contributed by atoms with Crippen LogP contribution >= 0.6 is 46.4 Å². The number of aliphatic carboxylic acids is 1. The fourth-order valence-corrected chi connectivity index (χ4v) is 5.20. The molecule has 11 N–H and O–H groups in total. The van der Waals surface area contributed by atoms with Crippen LogP contribution in [0.5, 0.6) is 0 Å². The lowest BCUT2D eigenvalue weighted by molar-refractivity contribution is -0.142. The van der Waals surface area contributed by atoms with Gasteiger partial charge in [-0.05, 0) is 25.0 Å². The van der Waals surface area contributed by atoms with Gasteiger partial charge in [0.1, 0.15) is 24.6 Å². The minimum absolute atomic E-state index is 0. The summed E-state index contributed by atoms with van der Waals surface area (Å²) in [6.45, 7) is 1.46. The van der Waals surface area contributed by atoms with Crippen LogP contribution in [0.25, 0.3) is 22.5 Å². The molecule has 4 rings (SSSR count). The lowest BCUT2D eigenvalue weighted by Crippen LogP contribution is -2.35. The number of hydrogen-bond donors (Lipinski definition) is 8. The molecule has 2 aromatic heterocycles. The Balaban J connectivity index is 0.000000984. The summed E-state index contributed by atoms with van der Waals surface area (Å²) in [7, 11) is 3.33. The number of aliphatic hydroxyl groups excluding tert-OH is 2. The van der Waals surface area contributed by atoms with Crippen molar-refractivity contribution in [1.82, 2.24) is 35.7 Å². The molecule has 343 valence electrons.